The van der Waals surface area contributed by atoms with Crippen LogP contribution in [0.25, 0.3) is 10.9 Å². The van der Waals surface area contributed by atoms with E-state index < -0.39 is 23.7 Å². The molecule has 2 N–H and O–H groups in total. The van der Waals surface area contributed by atoms with Gasteiger partial charge in [0.2, 0.25) is 0 Å². The molecule has 1 aromatic carbocycles. The maximum absolute atomic E-state index is 13.6. The molecule has 1 saturated carbocycles. The number of amides is 1. The number of nitrogens with zero attached hydrogens (tertiary/aromatic N) is 1. The second-order valence-electron chi connectivity index (χ2n) is 5.85. The maximum Gasteiger partial charge on any atom is 0.328 e. The first kappa shape index (κ1) is 16.3. The number of fused-ring (bicyclic) bond motifs is 1. The lowest BCUT2D eigenvalue weighted by Crippen LogP contribution is -2.43. The summed E-state index contributed by atoms with van der Waals surface area (Å²) in [6, 6.07) is 4.50. The molecule has 0 spiro atoms. The highest BCUT2D eigenvalue weighted by Gasteiger charge is 2.28. The van der Waals surface area contributed by atoms with Gasteiger partial charge in [-0.05, 0) is 37.1 Å². The molecular formula is C17H17FN2O4. The van der Waals surface area contributed by atoms with Gasteiger partial charge in [0.25, 0.3) is 5.91 Å². The van der Waals surface area contributed by atoms with Gasteiger partial charge in [-0.3, -0.25) is 9.78 Å². The van der Waals surface area contributed by atoms with Crippen molar-refractivity contribution in [3.63, 3.8) is 0 Å². The van der Waals surface area contributed by atoms with Crippen molar-refractivity contribution in [3.05, 3.63) is 41.3 Å². The highest BCUT2D eigenvalue weighted by atomic mass is 19.1. The molecule has 7 heteroatoms. The molecule has 1 unspecified atom stereocenters. The van der Waals surface area contributed by atoms with E-state index in [-0.39, 0.29) is 12.2 Å². The Bertz CT molecular complexity index is 805. The van der Waals surface area contributed by atoms with Crippen molar-refractivity contribution >= 4 is 22.8 Å². The van der Waals surface area contributed by atoms with Crippen LogP contribution in [0.2, 0.25) is 0 Å². The number of carbonyl (C=O) groups excluding carboxylic acids is 1. The second kappa shape index (κ2) is 6.52. The molecule has 0 radical (unpaired) electrons. The summed E-state index contributed by atoms with van der Waals surface area (Å²) >= 11 is 0. The van der Waals surface area contributed by atoms with Gasteiger partial charge in [0.15, 0.2) is 6.04 Å². The van der Waals surface area contributed by atoms with Crippen molar-refractivity contribution in [2.75, 3.05) is 13.7 Å². The lowest BCUT2D eigenvalue weighted by molar-refractivity contribution is -0.140. The minimum Gasteiger partial charge on any atom is -0.480 e. The van der Waals surface area contributed by atoms with Gasteiger partial charge in [0.1, 0.15) is 5.82 Å². The molecule has 24 heavy (non-hydrogen) atoms. The van der Waals surface area contributed by atoms with E-state index in [2.05, 4.69) is 10.3 Å². The predicted octanol–water partition coefficient (Wildman–Crippen LogP) is 2.08. The number of nitrogens with one attached hydrogen (secondary N) is 1. The van der Waals surface area contributed by atoms with Crippen molar-refractivity contribution in [1.29, 1.82) is 0 Å². The van der Waals surface area contributed by atoms with Crippen LogP contribution in [0.4, 0.5) is 4.39 Å². The van der Waals surface area contributed by atoms with Gasteiger partial charge >= 0.3 is 5.97 Å². The van der Waals surface area contributed by atoms with Crippen LogP contribution < -0.4 is 5.32 Å². The van der Waals surface area contributed by atoms with Crippen LogP contribution in [0.15, 0.2) is 24.3 Å². The molecule has 0 bridgehead atoms. The molecule has 1 aliphatic carbocycles. The van der Waals surface area contributed by atoms with Crippen molar-refractivity contribution < 1.29 is 23.8 Å². The summed E-state index contributed by atoms with van der Waals surface area (Å²) in [6.45, 7) is -0.159. The van der Waals surface area contributed by atoms with Crippen LogP contribution in [0.3, 0.4) is 0 Å². The lowest BCUT2D eigenvalue weighted by atomic mass is 10.0. The van der Waals surface area contributed by atoms with Crippen LogP contribution >= 0.6 is 0 Å². The third-order valence-corrected chi connectivity index (χ3v) is 3.97. The van der Waals surface area contributed by atoms with Crippen LogP contribution in [0, 0.1) is 5.82 Å². The number of methoxy groups -OCH3 is 1. The molecule has 1 aromatic heterocycles. The Morgan fingerprint density at radius 1 is 1.42 bits per heavy atom. The van der Waals surface area contributed by atoms with Crippen LogP contribution in [0.5, 0.6) is 0 Å². The summed E-state index contributed by atoms with van der Waals surface area (Å²) < 4.78 is 18.4. The number of carboxylic acids is 1. The van der Waals surface area contributed by atoms with E-state index >= 15 is 0 Å². The van der Waals surface area contributed by atoms with Crippen molar-refractivity contribution in [3.8, 4) is 0 Å². The van der Waals surface area contributed by atoms with Crippen molar-refractivity contribution in [2.24, 2.45) is 0 Å². The maximum atomic E-state index is 13.6. The Hall–Kier alpha value is -2.54. The molecule has 1 fully saturated rings. The number of aliphatic carboxylic acids is 1. The summed E-state index contributed by atoms with van der Waals surface area (Å²) in [5, 5.41) is 11.9. The molecule has 3 rings (SSSR count). The van der Waals surface area contributed by atoms with E-state index in [4.69, 9.17) is 9.84 Å². The summed E-state index contributed by atoms with van der Waals surface area (Å²) in [7, 11) is 1.35. The Morgan fingerprint density at radius 3 is 2.79 bits per heavy atom. The second-order valence-corrected chi connectivity index (χ2v) is 5.85. The van der Waals surface area contributed by atoms with Gasteiger partial charge in [-0.1, -0.05) is 0 Å². The van der Waals surface area contributed by atoms with Gasteiger partial charge in [-0.15, -0.1) is 0 Å². The number of carboxylic acid groups (broad SMARTS) is 1. The molecule has 6 nitrogen and oxygen atoms in total. The minimum atomic E-state index is -1.20. The fourth-order valence-corrected chi connectivity index (χ4v) is 2.57. The SMILES string of the molecule is COCC(NC(=O)c1cc(C2CC2)nc2ccc(F)cc12)C(=O)O. The average molecular weight is 332 g/mol. The smallest absolute Gasteiger partial charge is 0.328 e. The number of ether oxygens (including phenoxy) is 1. The number of carbonyl (C=O) groups is 2. The molecule has 2 aromatic rings. The van der Waals surface area contributed by atoms with Crippen molar-refractivity contribution in [2.45, 2.75) is 24.8 Å². The zero-order chi connectivity index (χ0) is 17.3. The lowest BCUT2D eigenvalue weighted by Gasteiger charge is -2.15. The zero-order valence-electron chi connectivity index (χ0n) is 13.1. The summed E-state index contributed by atoms with van der Waals surface area (Å²) in [5.74, 6) is -1.96. The van der Waals surface area contributed by atoms with Gasteiger partial charge in [-0.2, -0.15) is 0 Å². The summed E-state index contributed by atoms with van der Waals surface area (Å²) in [6.07, 6.45) is 2.00. The van der Waals surface area contributed by atoms with Gasteiger partial charge in [0, 0.05) is 24.1 Å². The quantitative estimate of drug-likeness (QED) is 0.845. The molecule has 0 saturated heterocycles. The predicted molar refractivity (Wildman–Crippen MR) is 84.4 cm³/mol. The molecule has 1 heterocycles. The Morgan fingerprint density at radius 2 is 2.17 bits per heavy atom. The zero-order valence-corrected chi connectivity index (χ0v) is 13.1. The van der Waals surface area contributed by atoms with E-state index in [1.807, 2.05) is 0 Å². The van der Waals surface area contributed by atoms with Crippen LogP contribution in [-0.4, -0.2) is 41.7 Å². The fraction of sp³-hybridized carbons (Fsp3) is 0.353. The van der Waals surface area contributed by atoms with Gasteiger partial charge in [-0.25, -0.2) is 9.18 Å². The number of rotatable bonds is 6. The molecule has 0 aliphatic heterocycles. The van der Waals surface area contributed by atoms with Gasteiger partial charge < -0.3 is 15.2 Å². The number of benzene rings is 1. The topological polar surface area (TPSA) is 88.5 Å². The normalized spacial score (nSPS) is 15.2. The van der Waals surface area contributed by atoms with Crippen LogP contribution in [0.1, 0.15) is 34.8 Å². The highest BCUT2D eigenvalue weighted by Crippen LogP contribution is 2.40. The molecule has 1 aliphatic rings. The Kier molecular flexibility index (Phi) is 4.44. The average Bonchev–Trinajstić information content (AvgIpc) is 3.38. The number of hydrogen-bond donors (Lipinski definition) is 2. The van der Waals surface area contributed by atoms with E-state index in [1.54, 1.807) is 6.07 Å². The highest BCUT2D eigenvalue weighted by molar-refractivity contribution is 6.07. The Balaban J connectivity index is 2.01. The molecule has 1 amide bonds. The monoisotopic (exact) mass is 332 g/mol. The first-order chi connectivity index (χ1) is 11.5. The number of halogens is 1. The van der Waals surface area contributed by atoms with Crippen molar-refractivity contribution in [1.82, 2.24) is 10.3 Å². The van der Waals surface area contributed by atoms with E-state index in [0.717, 1.165) is 18.5 Å². The third-order valence-electron chi connectivity index (χ3n) is 3.97. The molecule has 1 atom stereocenters. The first-order valence-corrected chi connectivity index (χ1v) is 7.62. The molecule has 126 valence electrons. The fourth-order valence-electron chi connectivity index (χ4n) is 2.57. The number of pyridine rings is 1. The van der Waals surface area contributed by atoms with E-state index in [1.165, 1.54) is 25.3 Å². The molecular weight excluding hydrogens is 315 g/mol. The summed E-state index contributed by atoms with van der Waals surface area (Å²) in [5.41, 5.74) is 1.52. The third kappa shape index (κ3) is 3.35. The standard InChI is InChI=1S/C17H17FN2O4/c1-24-8-15(17(22)23)20-16(21)12-7-14(9-2-3-9)19-13-5-4-10(18)6-11(12)13/h4-7,9,15H,2-3,8H2,1H3,(H,20,21)(H,22,23). The number of hydrogen-bond acceptors (Lipinski definition) is 4. The number of aromatic nitrogens is 1. The first-order valence-electron chi connectivity index (χ1n) is 7.62. The van der Waals surface area contributed by atoms with Crippen LogP contribution in [-0.2, 0) is 9.53 Å². The minimum absolute atomic E-state index is 0.159. The van der Waals surface area contributed by atoms with E-state index in [0.29, 0.717) is 16.8 Å². The van der Waals surface area contributed by atoms with Gasteiger partial charge in [0.05, 0.1) is 17.7 Å². The van der Waals surface area contributed by atoms with E-state index in [9.17, 15) is 14.0 Å². The summed E-state index contributed by atoms with van der Waals surface area (Å²) in [4.78, 5) is 28.3. The largest absolute Gasteiger partial charge is 0.480 e. The Labute approximate surface area is 137 Å².